The van der Waals surface area contributed by atoms with Gasteiger partial charge in [0.05, 0.1) is 6.61 Å². The van der Waals surface area contributed by atoms with Crippen LogP contribution in [0, 0.1) is 0 Å². The van der Waals surface area contributed by atoms with Crippen LogP contribution in [0.3, 0.4) is 0 Å². The van der Waals surface area contributed by atoms with E-state index < -0.39 is 0 Å². The Bertz CT molecular complexity index is 271. The van der Waals surface area contributed by atoms with Crippen molar-refractivity contribution in [2.45, 2.75) is 12.8 Å². The van der Waals surface area contributed by atoms with Gasteiger partial charge in [0.25, 0.3) is 0 Å². The summed E-state index contributed by atoms with van der Waals surface area (Å²) in [5.74, 6) is 0.830. The summed E-state index contributed by atoms with van der Waals surface area (Å²) >= 11 is 5.79. The van der Waals surface area contributed by atoms with Gasteiger partial charge in [0.1, 0.15) is 5.75 Å². The quantitative estimate of drug-likeness (QED) is 0.516. The van der Waals surface area contributed by atoms with E-state index in [4.69, 9.17) is 16.3 Å². The van der Waals surface area contributed by atoms with Crippen molar-refractivity contribution in [2.24, 2.45) is 0 Å². The van der Waals surface area contributed by atoms with E-state index in [9.17, 15) is 0 Å². The number of halogens is 1. The normalized spacial score (nSPS) is 9.62. The number of hydrogen-bond acceptors (Lipinski definition) is 1. The fraction of sp³-hybridized carbons (Fsp3) is 0.273. The molecule has 0 N–H and O–H groups in total. The molecule has 0 spiro atoms. The molecule has 1 nitrogen and oxygen atoms in total. The minimum Gasteiger partial charge on any atom is -0.494 e. The Morgan fingerprint density at radius 3 is 3.00 bits per heavy atom. The van der Waals surface area contributed by atoms with E-state index in [2.05, 4.69) is 6.58 Å². The number of benzene rings is 1. The van der Waals surface area contributed by atoms with Crippen LogP contribution < -0.4 is 4.74 Å². The average Bonchev–Trinajstić information content (AvgIpc) is 2.13. The van der Waals surface area contributed by atoms with E-state index >= 15 is 0 Å². The van der Waals surface area contributed by atoms with Crippen LogP contribution in [0.25, 0.3) is 0 Å². The van der Waals surface area contributed by atoms with Gasteiger partial charge in [-0.15, -0.1) is 6.58 Å². The van der Waals surface area contributed by atoms with Crippen molar-refractivity contribution in [1.82, 2.24) is 0 Å². The maximum absolute atomic E-state index is 5.79. The van der Waals surface area contributed by atoms with Crippen molar-refractivity contribution in [3.8, 4) is 5.75 Å². The topological polar surface area (TPSA) is 9.23 Å². The van der Waals surface area contributed by atoms with E-state index in [-0.39, 0.29) is 0 Å². The number of rotatable bonds is 5. The maximum Gasteiger partial charge on any atom is 0.120 e. The van der Waals surface area contributed by atoms with E-state index in [1.165, 1.54) is 0 Å². The Balaban J connectivity index is 2.32. The minimum atomic E-state index is 0.709. The second kappa shape index (κ2) is 5.65. The predicted molar refractivity (Wildman–Crippen MR) is 56.4 cm³/mol. The third kappa shape index (κ3) is 4.00. The molecule has 0 fully saturated rings. The van der Waals surface area contributed by atoms with Gasteiger partial charge in [-0.3, -0.25) is 0 Å². The van der Waals surface area contributed by atoms with E-state index in [1.807, 2.05) is 30.3 Å². The molecular formula is C11H13ClO. The molecule has 0 saturated carbocycles. The van der Waals surface area contributed by atoms with Crippen LogP contribution in [-0.2, 0) is 0 Å². The van der Waals surface area contributed by atoms with Crippen LogP contribution in [0.4, 0.5) is 0 Å². The van der Waals surface area contributed by atoms with Crippen LogP contribution in [0.2, 0.25) is 5.02 Å². The van der Waals surface area contributed by atoms with Crippen LogP contribution in [0.1, 0.15) is 12.8 Å². The molecule has 0 aromatic heterocycles. The molecule has 0 aliphatic carbocycles. The van der Waals surface area contributed by atoms with Crippen molar-refractivity contribution in [3.05, 3.63) is 41.9 Å². The fourth-order valence-electron chi connectivity index (χ4n) is 0.974. The lowest BCUT2D eigenvalue weighted by atomic mass is 10.3. The first-order valence-corrected chi connectivity index (χ1v) is 4.70. The second-order valence-corrected chi connectivity index (χ2v) is 3.17. The van der Waals surface area contributed by atoms with Crippen molar-refractivity contribution in [3.63, 3.8) is 0 Å². The Kier molecular flexibility index (Phi) is 4.41. The van der Waals surface area contributed by atoms with Gasteiger partial charge in [-0.2, -0.15) is 0 Å². The van der Waals surface area contributed by atoms with Gasteiger partial charge in [0.15, 0.2) is 0 Å². The summed E-state index contributed by atoms with van der Waals surface area (Å²) in [6.07, 6.45) is 3.87. The highest BCUT2D eigenvalue weighted by Crippen LogP contribution is 2.17. The molecule has 0 radical (unpaired) electrons. The third-order valence-corrected chi connectivity index (χ3v) is 1.85. The SMILES string of the molecule is C=CCCCOc1cccc(Cl)c1. The van der Waals surface area contributed by atoms with E-state index in [1.54, 1.807) is 0 Å². The highest BCUT2D eigenvalue weighted by Gasteiger charge is 1.93. The molecule has 0 atom stereocenters. The van der Waals surface area contributed by atoms with E-state index in [0.29, 0.717) is 11.6 Å². The van der Waals surface area contributed by atoms with Crippen LogP contribution >= 0.6 is 11.6 Å². The Labute approximate surface area is 84.0 Å². The summed E-state index contributed by atoms with van der Waals surface area (Å²) < 4.78 is 5.46. The van der Waals surface area contributed by atoms with Gasteiger partial charge < -0.3 is 4.74 Å². The molecule has 0 aliphatic heterocycles. The van der Waals surface area contributed by atoms with Crippen LogP contribution in [-0.4, -0.2) is 6.61 Å². The monoisotopic (exact) mass is 196 g/mol. The van der Waals surface area contributed by atoms with Crippen LogP contribution in [0.15, 0.2) is 36.9 Å². The van der Waals surface area contributed by atoms with Gasteiger partial charge >= 0.3 is 0 Å². The molecule has 0 unspecified atom stereocenters. The average molecular weight is 197 g/mol. The van der Waals surface area contributed by atoms with Crippen molar-refractivity contribution < 1.29 is 4.74 Å². The molecule has 1 rings (SSSR count). The lowest BCUT2D eigenvalue weighted by Crippen LogP contribution is -1.95. The zero-order chi connectivity index (χ0) is 9.52. The summed E-state index contributed by atoms with van der Waals surface area (Å²) in [6.45, 7) is 4.36. The van der Waals surface area contributed by atoms with Crippen molar-refractivity contribution in [2.75, 3.05) is 6.61 Å². The molecule has 0 heterocycles. The molecule has 0 aliphatic rings. The summed E-state index contributed by atoms with van der Waals surface area (Å²) in [6, 6.07) is 7.43. The minimum absolute atomic E-state index is 0.709. The standard InChI is InChI=1S/C11H13ClO/c1-2-3-4-8-13-11-7-5-6-10(12)9-11/h2,5-7,9H,1,3-4,8H2. The Hall–Kier alpha value is -0.950. The number of unbranched alkanes of at least 4 members (excludes halogenated alkanes) is 1. The summed E-state index contributed by atoms with van der Waals surface area (Å²) in [5, 5.41) is 0.709. The third-order valence-electron chi connectivity index (χ3n) is 1.62. The number of hydrogen-bond donors (Lipinski definition) is 0. The molecule has 13 heavy (non-hydrogen) atoms. The fourth-order valence-corrected chi connectivity index (χ4v) is 1.15. The molecule has 2 heteroatoms. The number of ether oxygens (including phenoxy) is 1. The van der Waals surface area contributed by atoms with Crippen LogP contribution in [0.5, 0.6) is 5.75 Å². The Morgan fingerprint density at radius 2 is 2.31 bits per heavy atom. The molecule has 0 bridgehead atoms. The number of allylic oxidation sites excluding steroid dienone is 1. The summed E-state index contributed by atoms with van der Waals surface area (Å²) in [7, 11) is 0. The van der Waals surface area contributed by atoms with E-state index in [0.717, 1.165) is 18.6 Å². The predicted octanol–water partition coefficient (Wildman–Crippen LogP) is 3.69. The van der Waals surface area contributed by atoms with Gasteiger partial charge in [0, 0.05) is 5.02 Å². The first-order valence-electron chi connectivity index (χ1n) is 4.32. The van der Waals surface area contributed by atoms with Gasteiger partial charge in [0.2, 0.25) is 0 Å². The summed E-state index contributed by atoms with van der Waals surface area (Å²) in [5.41, 5.74) is 0. The molecule has 0 amide bonds. The molecular weight excluding hydrogens is 184 g/mol. The van der Waals surface area contributed by atoms with Gasteiger partial charge in [-0.1, -0.05) is 23.7 Å². The van der Waals surface area contributed by atoms with Crippen molar-refractivity contribution >= 4 is 11.6 Å². The first kappa shape index (κ1) is 10.1. The molecule has 70 valence electrons. The highest BCUT2D eigenvalue weighted by atomic mass is 35.5. The summed E-state index contributed by atoms with van der Waals surface area (Å²) in [4.78, 5) is 0. The first-order chi connectivity index (χ1) is 6.33. The zero-order valence-corrected chi connectivity index (χ0v) is 8.26. The maximum atomic E-state index is 5.79. The lowest BCUT2D eigenvalue weighted by Gasteiger charge is -2.04. The smallest absolute Gasteiger partial charge is 0.120 e. The highest BCUT2D eigenvalue weighted by molar-refractivity contribution is 6.30. The largest absolute Gasteiger partial charge is 0.494 e. The molecule has 1 aromatic carbocycles. The van der Waals surface area contributed by atoms with Gasteiger partial charge in [-0.25, -0.2) is 0 Å². The van der Waals surface area contributed by atoms with Gasteiger partial charge in [-0.05, 0) is 31.0 Å². The lowest BCUT2D eigenvalue weighted by molar-refractivity contribution is 0.312. The molecule has 0 saturated heterocycles. The molecule has 1 aromatic rings. The zero-order valence-electron chi connectivity index (χ0n) is 7.50. The second-order valence-electron chi connectivity index (χ2n) is 2.74. The Morgan fingerprint density at radius 1 is 1.46 bits per heavy atom. The van der Waals surface area contributed by atoms with Crippen molar-refractivity contribution in [1.29, 1.82) is 0 Å².